The quantitative estimate of drug-likeness (QED) is 0.825. The third-order valence-corrected chi connectivity index (χ3v) is 2.67. The zero-order valence-electron chi connectivity index (χ0n) is 9.33. The topological polar surface area (TPSA) is 77.2 Å². The summed E-state index contributed by atoms with van der Waals surface area (Å²) in [5.74, 6) is 0.259. The highest BCUT2D eigenvalue weighted by Gasteiger charge is 2.26. The van der Waals surface area contributed by atoms with E-state index < -0.39 is 5.97 Å². The number of pyridine rings is 1. The lowest BCUT2D eigenvalue weighted by Gasteiger charge is -2.21. The normalized spacial score (nSPS) is 14.1. The van der Waals surface area contributed by atoms with E-state index in [1.54, 1.807) is 23.1 Å². The maximum absolute atomic E-state index is 10.8. The summed E-state index contributed by atoms with van der Waals surface area (Å²) in [5.41, 5.74) is 0.314. The number of carbonyl (C=O) groups is 1. The van der Waals surface area contributed by atoms with Crippen LogP contribution >= 0.6 is 0 Å². The molecule has 17 heavy (non-hydrogen) atoms. The average molecular weight is 231 g/mol. The van der Waals surface area contributed by atoms with Crippen LogP contribution in [0.15, 0.2) is 18.2 Å². The maximum Gasteiger partial charge on any atom is 0.323 e. The van der Waals surface area contributed by atoms with Gasteiger partial charge in [-0.3, -0.25) is 4.79 Å². The SMILES string of the molecule is N#Cc1cccc(N(CC(=O)O)CC2CC2)n1. The van der Waals surface area contributed by atoms with Crippen molar-refractivity contribution in [1.29, 1.82) is 5.26 Å². The Bertz CT molecular complexity index is 463. The van der Waals surface area contributed by atoms with E-state index in [-0.39, 0.29) is 6.54 Å². The Hall–Kier alpha value is -2.09. The molecule has 1 aromatic heterocycles. The minimum Gasteiger partial charge on any atom is -0.480 e. The van der Waals surface area contributed by atoms with Gasteiger partial charge in [-0.25, -0.2) is 4.98 Å². The maximum atomic E-state index is 10.8. The van der Waals surface area contributed by atoms with Crippen LogP contribution in [0.5, 0.6) is 0 Å². The fourth-order valence-electron chi connectivity index (χ4n) is 1.68. The summed E-state index contributed by atoms with van der Waals surface area (Å²) in [6, 6.07) is 7.04. The molecule has 1 aliphatic carbocycles. The molecule has 0 spiro atoms. The van der Waals surface area contributed by atoms with Gasteiger partial charge in [0.25, 0.3) is 0 Å². The van der Waals surface area contributed by atoms with Crippen molar-refractivity contribution in [2.45, 2.75) is 12.8 Å². The molecular weight excluding hydrogens is 218 g/mol. The number of rotatable bonds is 5. The van der Waals surface area contributed by atoms with Crippen molar-refractivity contribution >= 4 is 11.8 Å². The van der Waals surface area contributed by atoms with Crippen molar-refractivity contribution in [3.8, 4) is 6.07 Å². The van der Waals surface area contributed by atoms with Crippen LogP contribution in [0.1, 0.15) is 18.5 Å². The Labute approximate surface area is 99.3 Å². The molecule has 1 fully saturated rings. The van der Waals surface area contributed by atoms with Crippen LogP contribution in [0, 0.1) is 17.2 Å². The number of aliphatic carboxylic acids is 1. The van der Waals surface area contributed by atoms with Gasteiger partial charge in [0.15, 0.2) is 0 Å². The van der Waals surface area contributed by atoms with Crippen molar-refractivity contribution in [3.05, 3.63) is 23.9 Å². The second kappa shape index (κ2) is 4.83. The van der Waals surface area contributed by atoms with E-state index in [0.29, 0.717) is 24.0 Å². The van der Waals surface area contributed by atoms with E-state index in [1.807, 2.05) is 6.07 Å². The number of aromatic nitrogens is 1. The molecule has 1 aliphatic rings. The van der Waals surface area contributed by atoms with Gasteiger partial charge in [-0.1, -0.05) is 6.07 Å². The summed E-state index contributed by atoms with van der Waals surface area (Å²) in [4.78, 5) is 16.7. The van der Waals surface area contributed by atoms with Gasteiger partial charge in [0.05, 0.1) is 0 Å². The Morgan fingerprint density at radius 2 is 2.35 bits per heavy atom. The molecule has 2 rings (SSSR count). The Balaban J connectivity index is 2.17. The molecule has 0 radical (unpaired) electrons. The highest BCUT2D eigenvalue weighted by atomic mass is 16.4. The summed E-state index contributed by atoms with van der Waals surface area (Å²) < 4.78 is 0. The van der Waals surface area contributed by atoms with Crippen LogP contribution in [0.25, 0.3) is 0 Å². The molecule has 0 atom stereocenters. The number of nitriles is 1. The predicted molar refractivity (Wildman–Crippen MR) is 61.5 cm³/mol. The zero-order chi connectivity index (χ0) is 12.3. The van der Waals surface area contributed by atoms with Gasteiger partial charge in [-0.15, -0.1) is 0 Å². The van der Waals surface area contributed by atoms with Crippen LogP contribution < -0.4 is 4.90 Å². The molecule has 5 heteroatoms. The molecule has 0 aliphatic heterocycles. The smallest absolute Gasteiger partial charge is 0.323 e. The summed E-state index contributed by atoms with van der Waals surface area (Å²) in [6.45, 7) is 0.632. The monoisotopic (exact) mass is 231 g/mol. The fourth-order valence-corrected chi connectivity index (χ4v) is 1.68. The number of carboxylic acids is 1. The van der Waals surface area contributed by atoms with Gasteiger partial charge < -0.3 is 10.0 Å². The molecule has 1 saturated carbocycles. The molecule has 5 nitrogen and oxygen atoms in total. The van der Waals surface area contributed by atoms with Crippen LogP contribution in [-0.2, 0) is 4.79 Å². The van der Waals surface area contributed by atoms with E-state index in [1.165, 1.54) is 0 Å². The van der Waals surface area contributed by atoms with E-state index >= 15 is 0 Å². The van der Waals surface area contributed by atoms with E-state index in [4.69, 9.17) is 10.4 Å². The molecular formula is C12H13N3O2. The van der Waals surface area contributed by atoms with E-state index in [0.717, 1.165) is 12.8 Å². The van der Waals surface area contributed by atoms with Gasteiger partial charge in [0.1, 0.15) is 24.1 Å². The number of anilines is 1. The first-order valence-corrected chi connectivity index (χ1v) is 5.53. The first-order chi connectivity index (χ1) is 8.19. The third kappa shape index (κ3) is 3.18. The lowest BCUT2D eigenvalue weighted by atomic mass is 10.3. The third-order valence-electron chi connectivity index (χ3n) is 2.67. The second-order valence-corrected chi connectivity index (χ2v) is 4.21. The van der Waals surface area contributed by atoms with Crippen LogP contribution in [0.2, 0.25) is 0 Å². The highest BCUT2D eigenvalue weighted by molar-refractivity contribution is 5.73. The summed E-state index contributed by atoms with van der Waals surface area (Å²) in [6.07, 6.45) is 2.29. The minimum absolute atomic E-state index is 0.0710. The van der Waals surface area contributed by atoms with Gasteiger partial charge in [-0.05, 0) is 30.9 Å². The first-order valence-electron chi connectivity index (χ1n) is 5.53. The lowest BCUT2D eigenvalue weighted by Crippen LogP contribution is -2.32. The van der Waals surface area contributed by atoms with Gasteiger partial charge >= 0.3 is 5.97 Å². The average Bonchev–Trinajstić information content (AvgIpc) is 3.12. The van der Waals surface area contributed by atoms with Crippen LogP contribution in [-0.4, -0.2) is 29.1 Å². The summed E-state index contributed by atoms with van der Waals surface area (Å²) >= 11 is 0. The number of hydrogen-bond acceptors (Lipinski definition) is 4. The van der Waals surface area contributed by atoms with Gasteiger partial charge in [0.2, 0.25) is 0 Å². The lowest BCUT2D eigenvalue weighted by molar-refractivity contribution is -0.135. The molecule has 0 saturated heterocycles. The molecule has 0 amide bonds. The van der Waals surface area contributed by atoms with Gasteiger partial charge in [-0.2, -0.15) is 5.26 Å². The van der Waals surface area contributed by atoms with Crippen molar-refractivity contribution in [3.63, 3.8) is 0 Å². The van der Waals surface area contributed by atoms with Gasteiger partial charge in [0, 0.05) is 6.54 Å². The predicted octanol–water partition coefficient (Wildman–Crippen LogP) is 1.25. The fraction of sp³-hybridized carbons (Fsp3) is 0.417. The van der Waals surface area contributed by atoms with E-state index in [2.05, 4.69) is 4.98 Å². The number of carboxylic acid groups (broad SMARTS) is 1. The number of nitrogens with zero attached hydrogens (tertiary/aromatic N) is 3. The Morgan fingerprint density at radius 1 is 1.59 bits per heavy atom. The molecule has 1 N–H and O–H groups in total. The molecule has 0 aromatic carbocycles. The molecule has 0 bridgehead atoms. The van der Waals surface area contributed by atoms with E-state index in [9.17, 15) is 4.79 Å². The summed E-state index contributed by atoms with van der Waals surface area (Å²) in [5, 5.41) is 17.6. The first kappa shape index (κ1) is 11.4. The Kier molecular flexibility index (Phi) is 3.24. The largest absolute Gasteiger partial charge is 0.480 e. The molecule has 1 heterocycles. The zero-order valence-corrected chi connectivity index (χ0v) is 9.33. The van der Waals surface area contributed by atoms with Crippen molar-refractivity contribution in [1.82, 2.24) is 4.98 Å². The van der Waals surface area contributed by atoms with Crippen molar-refractivity contribution in [2.24, 2.45) is 5.92 Å². The Morgan fingerprint density at radius 3 is 2.94 bits per heavy atom. The second-order valence-electron chi connectivity index (χ2n) is 4.21. The molecule has 88 valence electrons. The molecule has 0 unspecified atom stereocenters. The minimum atomic E-state index is -0.880. The standard InChI is InChI=1S/C12H13N3O2/c13-6-10-2-1-3-11(14-10)15(8-12(16)17)7-9-4-5-9/h1-3,9H,4-5,7-8H2,(H,16,17). The summed E-state index contributed by atoms with van der Waals surface area (Å²) in [7, 11) is 0. The highest BCUT2D eigenvalue weighted by Crippen LogP contribution is 2.30. The van der Waals surface area contributed by atoms with Crippen LogP contribution in [0.4, 0.5) is 5.82 Å². The van der Waals surface area contributed by atoms with Crippen LogP contribution in [0.3, 0.4) is 0 Å². The van der Waals surface area contributed by atoms with Crippen molar-refractivity contribution < 1.29 is 9.90 Å². The van der Waals surface area contributed by atoms with Crippen molar-refractivity contribution in [2.75, 3.05) is 18.0 Å². The molecule has 1 aromatic rings. The number of hydrogen-bond donors (Lipinski definition) is 1.